The Bertz CT molecular complexity index is 181. The van der Waals surface area contributed by atoms with Crippen molar-refractivity contribution in [2.24, 2.45) is 11.7 Å². The van der Waals surface area contributed by atoms with Crippen LogP contribution in [0.2, 0.25) is 0 Å². The van der Waals surface area contributed by atoms with Crippen LogP contribution in [0.4, 0.5) is 0 Å². The minimum atomic E-state index is 0.347. The van der Waals surface area contributed by atoms with E-state index >= 15 is 0 Å². The van der Waals surface area contributed by atoms with E-state index in [0.29, 0.717) is 11.6 Å². The standard InChI is InChI=1S/C10H20N2/c1-10(2,3)12-6-7-4-8(12)5-9(7)11/h7-9H,4-6,11H2,1-3H3/t7?,8?,9-/m0/s1. The molecule has 1 aliphatic carbocycles. The van der Waals surface area contributed by atoms with Gasteiger partial charge in [0.15, 0.2) is 0 Å². The summed E-state index contributed by atoms with van der Waals surface area (Å²) >= 11 is 0. The zero-order valence-electron chi connectivity index (χ0n) is 8.38. The lowest BCUT2D eigenvalue weighted by Crippen LogP contribution is -2.50. The van der Waals surface area contributed by atoms with Crippen molar-refractivity contribution in [1.29, 1.82) is 0 Å². The minimum absolute atomic E-state index is 0.347. The zero-order valence-corrected chi connectivity index (χ0v) is 8.38. The van der Waals surface area contributed by atoms with Crippen molar-refractivity contribution in [2.45, 2.75) is 51.2 Å². The highest BCUT2D eigenvalue weighted by Crippen LogP contribution is 2.40. The third-order valence-corrected chi connectivity index (χ3v) is 3.46. The Morgan fingerprint density at radius 2 is 1.92 bits per heavy atom. The van der Waals surface area contributed by atoms with Crippen molar-refractivity contribution < 1.29 is 0 Å². The summed E-state index contributed by atoms with van der Waals surface area (Å²) in [6, 6.07) is 1.28. The van der Waals surface area contributed by atoms with Crippen LogP contribution < -0.4 is 5.73 Å². The molecule has 0 amide bonds. The van der Waals surface area contributed by atoms with Gasteiger partial charge in [-0.3, -0.25) is 4.90 Å². The van der Waals surface area contributed by atoms with E-state index in [-0.39, 0.29) is 0 Å². The third-order valence-electron chi connectivity index (χ3n) is 3.46. The molecule has 0 radical (unpaired) electrons. The summed E-state index contributed by atoms with van der Waals surface area (Å²) in [6.45, 7) is 8.15. The Labute approximate surface area is 75.1 Å². The summed E-state index contributed by atoms with van der Waals surface area (Å²) in [6.07, 6.45) is 2.57. The maximum Gasteiger partial charge on any atom is 0.0128 e. The van der Waals surface area contributed by atoms with E-state index in [1.165, 1.54) is 19.4 Å². The zero-order chi connectivity index (χ0) is 8.93. The maximum atomic E-state index is 6.00. The van der Waals surface area contributed by atoms with Crippen molar-refractivity contribution in [3.05, 3.63) is 0 Å². The molecule has 12 heavy (non-hydrogen) atoms. The highest BCUT2D eigenvalue weighted by molar-refractivity contribution is 5.02. The third kappa shape index (κ3) is 1.17. The summed E-state index contributed by atoms with van der Waals surface area (Å²) in [4.78, 5) is 2.63. The number of fused-ring (bicyclic) bond motifs is 2. The molecule has 1 heterocycles. The smallest absolute Gasteiger partial charge is 0.0128 e. The highest BCUT2D eigenvalue weighted by Gasteiger charge is 2.46. The van der Waals surface area contributed by atoms with Crippen molar-refractivity contribution >= 4 is 0 Å². The van der Waals surface area contributed by atoms with Crippen molar-refractivity contribution in [2.75, 3.05) is 6.54 Å². The molecule has 1 saturated carbocycles. The van der Waals surface area contributed by atoms with Gasteiger partial charge in [-0.25, -0.2) is 0 Å². The monoisotopic (exact) mass is 168 g/mol. The average Bonchev–Trinajstić information content (AvgIpc) is 2.41. The predicted octanol–water partition coefficient (Wildman–Crippen LogP) is 1.21. The fraction of sp³-hybridized carbons (Fsp3) is 1.00. The van der Waals surface area contributed by atoms with E-state index in [2.05, 4.69) is 25.7 Å². The largest absolute Gasteiger partial charge is 0.327 e. The van der Waals surface area contributed by atoms with Gasteiger partial charge in [-0.2, -0.15) is 0 Å². The second-order valence-corrected chi connectivity index (χ2v) is 5.37. The molecule has 1 saturated heterocycles. The van der Waals surface area contributed by atoms with Gasteiger partial charge in [0.2, 0.25) is 0 Å². The first-order chi connectivity index (χ1) is 5.48. The molecule has 0 aromatic heterocycles. The molecular formula is C10H20N2. The second kappa shape index (κ2) is 2.46. The van der Waals surface area contributed by atoms with E-state index < -0.39 is 0 Å². The van der Waals surface area contributed by atoms with Gasteiger partial charge >= 0.3 is 0 Å². The molecule has 0 aromatic rings. The van der Waals surface area contributed by atoms with Crippen molar-refractivity contribution in [3.8, 4) is 0 Å². The summed E-state index contributed by atoms with van der Waals surface area (Å²) in [5, 5.41) is 0. The molecule has 70 valence electrons. The highest BCUT2D eigenvalue weighted by atomic mass is 15.3. The number of hydrogen-bond donors (Lipinski definition) is 1. The van der Waals surface area contributed by atoms with Crippen LogP contribution >= 0.6 is 0 Å². The molecule has 1 aliphatic heterocycles. The van der Waals surface area contributed by atoms with E-state index in [1.807, 2.05) is 0 Å². The molecule has 2 fully saturated rings. The Hall–Kier alpha value is -0.0800. The normalized spacial score (nSPS) is 42.5. The molecule has 2 unspecified atom stereocenters. The lowest BCUT2D eigenvalue weighted by molar-refractivity contribution is 0.0912. The Morgan fingerprint density at radius 1 is 1.25 bits per heavy atom. The number of nitrogens with two attached hydrogens (primary N) is 1. The van der Waals surface area contributed by atoms with Crippen LogP contribution in [-0.2, 0) is 0 Å². The lowest BCUT2D eigenvalue weighted by atomic mass is 9.98. The average molecular weight is 168 g/mol. The molecule has 0 spiro atoms. The molecular weight excluding hydrogens is 148 g/mol. The van der Waals surface area contributed by atoms with Gasteiger partial charge in [0, 0.05) is 24.2 Å². The van der Waals surface area contributed by atoms with Crippen LogP contribution in [0.3, 0.4) is 0 Å². The minimum Gasteiger partial charge on any atom is -0.327 e. The molecule has 0 aromatic carbocycles. The molecule has 2 bridgehead atoms. The van der Waals surface area contributed by atoms with Crippen LogP contribution in [0.25, 0.3) is 0 Å². The lowest BCUT2D eigenvalue weighted by Gasteiger charge is -2.40. The second-order valence-electron chi connectivity index (χ2n) is 5.37. The Kier molecular flexibility index (Phi) is 1.74. The molecule has 2 nitrogen and oxygen atoms in total. The first-order valence-electron chi connectivity index (χ1n) is 5.01. The maximum absolute atomic E-state index is 6.00. The van der Waals surface area contributed by atoms with Crippen LogP contribution in [0.5, 0.6) is 0 Å². The number of nitrogens with zero attached hydrogens (tertiary/aromatic N) is 1. The van der Waals surface area contributed by atoms with Crippen LogP contribution in [0.15, 0.2) is 0 Å². The van der Waals surface area contributed by atoms with E-state index in [9.17, 15) is 0 Å². The van der Waals surface area contributed by atoms with Gasteiger partial charge in [-0.15, -0.1) is 0 Å². The molecule has 3 atom stereocenters. The molecule has 2 N–H and O–H groups in total. The van der Waals surface area contributed by atoms with E-state index in [0.717, 1.165) is 12.0 Å². The van der Waals surface area contributed by atoms with Gasteiger partial charge < -0.3 is 5.73 Å². The Morgan fingerprint density at radius 3 is 2.25 bits per heavy atom. The summed E-state index contributed by atoms with van der Waals surface area (Å²) in [7, 11) is 0. The quantitative estimate of drug-likeness (QED) is 0.589. The first kappa shape index (κ1) is 8.52. The van der Waals surface area contributed by atoms with Gasteiger partial charge in [0.05, 0.1) is 0 Å². The van der Waals surface area contributed by atoms with Crippen LogP contribution in [0.1, 0.15) is 33.6 Å². The van der Waals surface area contributed by atoms with Crippen LogP contribution in [-0.4, -0.2) is 29.1 Å². The van der Waals surface area contributed by atoms with Gasteiger partial charge in [-0.05, 0) is 39.5 Å². The SMILES string of the molecule is CC(C)(C)N1CC2CC1C[C@@H]2N. The molecule has 2 rings (SSSR count). The fourth-order valence-electron chi connectivity index (χ4n) is 2.81. The fourth-order valence-corrected chi connectivity index (χ4v) is 2.81. The van der Waals surface area contributed by atoms with E-state index in [1.54, 1.807) is 0 Å². The number of rotatable bonds is 0. The topological polar surface area (TPSA) is 29.3 Å². The Balaban J connectivity index is 2.08. The number of piperidine rings is 1. The van der Waals surface area contributed by atoms with Crippen LogP contribution in [0, 0.1) is 5.92 Å². The molecule has 2 heteroatoms. The molecule has 2 aliphatic rings. The van der Waals surface area contributed by atoms with E-state index in [4.69, 9.17) is 5.73 Å². The predicted molar refractivity (Wildman–Crippen MR) is 50.9 cm³/mol. The van der Waals surface area contributed by atoms with Gasteiger partial charge in [0.25, 0.3) is 0 Å². The summed E-state index contributed by atoms with van der Waals surface area (Å²) in [5.41, 5.74) is 6.35. The first-order valence-corrected chi connectivity index (χ1v) is 5.01. The number of hydrogen-bond acceptors (Lipinski definition) is 2. The van der Waals surface area contributed by atoms with Gasteiger partial charge in [0.1, 0.15) is 0 Å². The summed E-state index contributed by atoms with van der Waals surface area (Å²) in [5.74, 6) is 0.786. The number of likely N-dealkylation sites (tertiary alicyclic amines) is 1. The van der Waals surface area contributed by atoms with Gasteiger partial charge in [-0.1, -0.05) is 0 Å². The van der Waals surface area contributed by atoms with Crippen molar-refractivity contribution in [1.82, 2.24) is 4.90 Å². The summed E-state index contributed by atoms with van der Waals surface area (Å²) < 4.78 is 0. The van der Waals surface area contributed by atoms with Crippen molar-refractivity contribution in [3.63, 3.8) is 0 Å².